The zero-order valence-corrected chi connectivity index (χ0v) is 13.0. The van der Waals surface area contributed by atoms with Crippen molar-refractivity contribution in [2.24, 2.45) is 0 Å². The summed E-state index contributed by atoms with van der Waals surface area (Å²) >= 11 is 1.77. The van der Waals surface area contributed by atoms with E-state index in [0.717, 1.165) is 18.2 Å². The molecule has 112 valence electrons. The highest BCUT2D eigenvalue weighted by Gasteiger charge is 2.30. The Balaban J connectivity index is 1.57. The number of amides is 1. The second kappa shape index (κ2) is 5.69. The zero-order chi connectivity index (χ0) is 14.9. The Bertz CT molecular complexity index is 664. The van der Waals surface area contributed by atoms with Gasteiger partial charge in [0.25, 0.3) is 0 Å². The number of carbonyl (C=O) groups is 1. The average molecular weight is 311 g/mol. The highest BCUT2D eigenvalue weighted by atomic mass is 32.2. The normalized spacial score (nSPS) is 16.5. The van der Waals surface area contributed by atoms with Crippen molar-refractivity contribution in [3.8, 4) is 11.1 Å². The van der Waals surface area contributed by atoms with Crippen LogP contribution in [0.2, 0.25) is 0 Å². The molecular weight excluding hydrogens is 294 g/mol. The van der Waals surface area contributed by atoms with E-state index in [2.05, 4.69) is 48.5 Å². The van der Waals surface area contributed by atoms with Crippen LogP contribution < -0.4 is 0 Å². The third kappa shape index (κ3) is 2.28. The molecule has 0 N–H and O–H groups in total. The SMILES string of the molecule is O=C(OCC1c2ccccc2-c2ccccc21)N1CCSC1. The molecule has 2 aliphatic rings. The minimum Gasteiger partial charge on any atom is -0.448 e. The Hall–Kier alpha value is -1.94. The summed E-state index contributed by atoms with van der Waals surface area (Å²) < 4.78 is 5.60. The minimum atomic E-state index is -0.188. The third-order valence-electron chi connectivity index (χ3n) is 4.35. The lowest BCUT2D eigenvalue weighted by Crippen LogP contribution is -2.29. The summed E-state index contributed by atoms with van der Waals surface area (Å²) in [5.74, 6) is 1.90. The van der Waals surface area contributed by atoms with E-state index in [-0.39, 0.29) is 12.0 Å². The second-order valence-corrected chi connectivity index (χ2v) is 6.68. The molecule has 1 aliphatic heterocycles. The van der Waals surface area contributed by atoms with Gasteiger partial charge in [0, 0.05) is 18.2 Å². The van der Waals surface area contributed by atoms with E-state index >= 15 is 0 Å². The van der Waals surface area contributed by atoms with Gasteiger partial charge in [-0.3, -0.25) is 4.90 Å². The summed E-state index contributed by atoms with van der Waals surface area (Å²) in [6.45, 7) is 1.20. The van der Waals surface area contributed by atoms with Crippen LogP contribution in [-0.2, 0) is 4.74 Å². The fraction of sp³-hybridized carbons (Fsp3) is 0.278. The number of thioether (sulfide) groups is 1. The van der Waals surface area contributed by atoms with Crippen molar-refractivity contribution in [3.05, 3.63) is 59.7 Å². The van der Waals surface area contributed by atoms with E-state index in [1.165, 1.54) is 22.3 Å². The average Bonchev–Trinajstić information content (AvgIpc) is 3.20. The first-order valence-corrected chi connectivity index (χ1v) is 8.68. The zero-order valence-electron chi connectivity index (χ0n) is 12.2. The molecule has 4 heteroatoms. The Morgan fingerprint density at radius 3 is 2.32 bits per heavy atom. The van der Waals surface area contributed by atoms with Gasteiger partial charge >= 0.3 is 6.09 Å². The van der Waals surface area contributed by atoms with E-state index in [1.807, 2.05) is 0 Å². The molecule has 1 aliphatic carbocycles. The van der Waals surface area contributed by atoms with Gasteiger partial charge in [-0.2, -0.15) is 0 Å². The van der Waals surface area contributed by atoms with Gasteiger partial charge in [0.05, 0.1) is 5.88 Å². The van der Waals surface area contributed by atoms with Gasteiger partial charge in [-0.15, -0.1) is 11.8 Å². The van der Waals surface area contributed by atoms with Gasteiger partial charge in [0.15, 0.2) is 0 Å². The molecule has 1 fully saturated rings. The van der Waals surface area contributed by atoms with Crippen LogP contribution in [0.15, 0.2) is 48.5 Å². The number of rotatable bonds is 2. The molecule has 0 atom stereocenters. The first-order chi connectivity index (χ1) is 10.8. The molecule has 0 saturated carbocycles. The van der Waals surface area contributed by atoms with Crippen LogP contribution in [-0.4, -0.2) is 35.8 Å². The summed E-state index contributed by atoms with van der Waals surface area (Å²) in [5.41, 5.74) is 5.03. The number of hydrogen-bond acceptors (Lipinski definition) is 3. The van der Waals surface area contributed by atoms with Crippen LogP contribution >= 0.6 is 11.8 Å². The van der Waals surface area contributed by atoms with Gasteiger partial charge in [0.1, 0.15) is 6.61 Å². The highest BCUT2D eigenvalue weighted by Crippen LogP contribution is 2.44. The molecule has 22 heavy (non-hydrogen) atoms. The molecule has 0 unspecified atom stereocenters. The summed E-state index contributed by atoms with van der Waals surface area (Å²) in [6, 6.07) is 16.8. The molecular formula is C18H17NO2S. The van der Waals surface area contributed by atoms with Gasteiger partial charge in [-0.1, -0.05) is 48.5 Å². The standard InChI is InChI=1S/C18H17NO2S/c20-18(19-9-10-22-12-19)21-11-17-15-7-3-1-5-13(15)14-6-2-4-8-16(14)17/h1-8,17H,9-12H2. The van der Waals surface area contributed by atoms with Gasteiger partial charge in [-0.25, -0.2) is 4.79 Å². The smallest absolute Gasteiger partial charge is 0.410 e. The van der Waals surface area contributed by atoms with Crippen LogP contribution in [0.25, 0.3) is 11.1 Å². The topological polar surface area (TPSA) is 29.5 Å². The quantitative estimate of drug-likeness (QED) is 0.841. The second-order valence-electron chi connectivity index (χ2n) is 5.60. The molecule has 0 aromatic heterocycles. The largest absolute Gasteiger partial charge is 0.448 e. The van der Waals surface area contributed by atoms with Crippen molar-refractivity contribution >= 4 is 17.9 Å². The van der Waals surface area contributed by atoms with Crippen LogP contribution in [0.3, 0.4) is 0 Å². The van der Waals surface area contributed by atoms with Gasteiger partial charge in [0.2, 0.25) is 0 Å². The molecule has 4 rings (SSSR count). The van der Waals surface area contributed by atoms with Crippen molar-refractivity contribution < 1.29 is 9.53 Å². The van der Waals surface area contributed by atoms with E-state index in [9.17, 15) is 4.79 Å². The summed E-state index contributed by atoms with van der Waals surface area (Å²) in [7, 11) is 0. The molecule has 0 bridgehead atoms. The monoisotopic (exact) mass is 311 g/mol. The minimum absolute atomic E-state index is 0.145. The Morgan fingerprint density at radius 2 is 1.73 bits per heavy atom. The maximum absolute atomic E-state index is 12.1. The van der Waals surface area contributed by atoms with Crippen molar-refractivity contribution in [2.75, 3.05) is 24.8 Å². The molecule has 1 heterocycles. The number of fused-ring (bicyclic) bond motifs is 3. The van der Waals surface area contributed by atoms with Gasteiger partial charge < -0.3 is 4.74 Å². The van der Waals surface area contributed by atoms with E-state index in [4.69, 9.17) is 4.74 Å². The fourth-order valence-corrected chi connectivity index (χ4v) is 4.18. The number of benzene rings is 2. The highest BCUT2D eigenvalue weighted by molar-refractivity contribution is 7.99. The molecule has 0 spiro atoms. The van der Waals surface area contributed by atoms with Crippen molar-refractivity contribution in [3.63, 3.8) is 0 Å². The number of nitrogens with zero attached hydrogens (tertiary/aromatic N) is 1. The van der Waals surface area contributed by atoms with E-state index in [0.29, 0.717) is 6.61 Å². The predicted molar refractivity (Wildman–Crippen MR) is 89.1 cm³/mol. The lowest BCUT2D eigenvalue weighted by molar-refractivity contribution is 0.110. The molecule has 2 aromatic rings. The molecule has 1 saturated heterocycles. The first-order valence-electron chi connectivity index (χ1n) is 7.52. The molecule has 1 amide bonds. The van der Waals surface area contributed by atoms with Crippen LogP contribution in [0.4, 0.5) is 4.79 Å². The number of hydrogen-bond donors (Lipinski definition) is 0. The van der Waals surface area contributed by atoms with Crippen LogP contribution in [0.5, 0.6) is 0 Å². The van der Waals surface area contributed by atoms with Crippen LogP contribution in [0, 0.1) is 0 Å². The summed E-state index contributed by atoms with van der Waals surface area (Å²) in [4.78, 5) is 13.9. The fourth-order valence-electron chi connectivity index (χ4n) is 3.24. The predicted octanol–water partition coefficient (Wildman–Crippen LogP) is 3.94. The van der Waals surface area contributed by atoms with E-state index in [1.54, 1.807) is 16.7 Å². The summed E-state index contributed by atoms with van der Waals surface area (Å²) in [5, 5.41) is 0. The number of carbonyl (C=O) groups excluding carboxylic acids is 1. The van der Waals surface area contributed by atoms with Gasteiger partial charge in [-0.05, 0) is 22.3 Å². The van der Waals surface area contributed by atoms with Crippen molar-refractivity contribution in [2.45, 2.75) is 5.92 Å². The van der Waals surface area contributed by atoms with E-state index < -0.39 is 0 Å². The van der Waals surface area contributed by atoms with Crippen molar-refractivity contribution in [1.82, 2.24) is 4.90 Å². The van der Waals surface area contributed by atoms with Crippen molar-refractivity contribution in [1.29, 1.82) is 0 Å². The molecule has 0 radical (unpaired) electrons. The summed E-state index contributed by atoms with van der Waals surface area (Å²) in [6.07, 6.45) is -0.188. The third-order valence-corrected chi connectivity index (χ3v) is 5.31. The molecule has 3 nitrogen and oxygen atoms in total. The first kappa shape index (κ1) is 13.7. The molecule has 2 aromatic carbocycles. The Kier molecular flexibility index (Phi) is 3.54. The Morgan fingerprint density at radius 1 is 1.09 bits per heavy atom. The maximum Gasteiger partial charge on any atom is 0.410 e. The lowest BCUT2D eigenvalue weighted by Gasteiger charge is -2.18. The lowest BCUT2D eigenvalue weighted by atomic mass is 9.98. The Labute approximate surface area is 134 Å². The van der Waals surface area contributed by atoms with Crippen LogP contribution in [0.1, 0.15) is 17.0 Å². The number of ether oxygens (including phenoxy) is 1. The maximum atomic E-state index is 12.1.